The lowest BCUT2D eigenvalue weighted by molar-refractivity contribution is 0.0922. The minimum Gasteiger partial charge on any atom is -0.455 e. The number of carbonyl (C=O) groups excluding carboxylic acids is 2. The number of nitrogens with zero attached hydrogens (tertiary/aromatic N) is 1. The number of carbonyl (C=O) groups is 2. The number of hydrogen-bond donors (Lipinski definition) is 2. The van der Waals surface area contributed by atoms with Crippen molar-refractivity contribution in [2.75, 3.05) is 6.54 Å². The first-order valence-corrected chi connectivity index (χ1v) is 11.3. The first-order chi connectivity index (χ1) is 15.0. The fourth-order valence-electron chi connectivity index (χ4n) is 3.62. The molecule has 2 N–H and O–H groups in total. The first kappa shape index (κ1) is 21.3. The van der Waals surface area contributed by atoms with Crippen LogP contribution >= 0.6 is 22.9 Å². The van der Waals surface area contributed by atoms with Crippen molar-refractivity contribution in [2.24, 2.45) is 5.10 Å². The van der Waals surface area contributed by atoms with E-state index in [2.05, 4.69) is 21.9 Å². The Bertz CT molecular complexity index is 1120. The van der Waals surface area contributed by atoms with Gasteiger partial charge in [0, 0.05) is 39.6 Å². The average molecular weight is 456 g/mol. The summed E-state index contributed by atoms with van der Waals surface area (Å²) in [7, 11) is 0. The molecule has 0 radical (unpaired) electrons. The smallest absolute Gasteiger partial charge is 0.287 e. The lowest BCUT2D eigenvalue weighted by Gasteiger charge is -2.13. The van der Waals surface area contributed by atoms with E-state index in [0.717, 1.165) is 41.9 Å². The predicted molar refractivity (Wildman–Crippen MR) is 122 cm³/mol. The molecule has 2 amide bonds. The van der Waals surface area contributed by atoms with E-state index in [0.29, 0.717) is 29.3 Å². The second-order valence-corrected chi connectivity index (χ2v) is 8.77. The van der Waals surface area contributed by atoms with Crippen molar-refractivity contribution in [1.82, 2.24) is 10.7 Å². The maximum Gasteiger partial charge on any atom is 0.287 e. The van der Waals surface area contributed by atoms with Crippen LogP contribution in [0.3, 0.4) is 0 Å². The molecular formula is C23H22ClN3O3S. The molecule has 3 aromatic rings. The van der Waals surface area contributed by atoms with Crippen LogP contribution in [0.5, 0.6) is 0 Å². The molecule has 6 nitrogen and oxygen atoms in total. The molecule has 0 spiro atoms. The number of furan rings is 1. The van der Waals surface area contributed by atoms with Crippen LogP contribution in [0.25, 0.3) is 0 Å². The molecule has 4 rings (SSSR count). The normalized spacial score (nSPS) is 14.3. The number of hydrazone groups is 1. The van der Waals surface area contributed by atoms with Crippen molar-refractivity contribution in [3.8, 4) is 0 Å². The van der Waals surface area contributed by atoms with E-state index in [-0.39, 0.29) is 11.8 Å². The highest BCUT2D eigenvalue weighted by Gasteiger charge is 2.28. The van der Waals surface area contributed by atoms with Crippen molar-refractivity contribution in [3.05, 3.63) is 79.9 Å². The lowest BCUT2D eigenvalue weighted by Crippen LogP contribution is -2.26. The van der Waals surface area contributed by atoms with Gasteiger partial charge in [0.05, 0.1) is 5.71 Å². The van der Waals surface area contributed by atoms with Gasteiger partial charge >= 0.3 is 0 Å². The van der Waals surface area contributed by atoms with E-state index in [1.165, 1.54) is 4.88 Å². The van der Waals surface area contributed by atoms with E-state index in [1.54, 1.807) is 35.6 Å². The van der Waals surface area contributed by atoms with Crippen LogP contribution in [0, 0.1) is 6.92 Å². The van der Waals surface area contributed by atoms with Crippen molar-refractivity contribution >= 4 is 40.5 Å². The maximum atomic E-state index is 12.7. The monoisotopic (exact) mass is 455 g/mol. The molecule has 1 aromatic carbocycles. The maximum absolute atomic E-state index is 12.7. The summed E-state index contributed by atoms with van der Waals surface area (Å²) < 4.78 is 5.90. The summed E-state index contributed by atoms with van der Waals surface area (Å²) in [5.41, 5.74) is 5.38. The number of fused-ring (bicyclic) bond motifs is 1. The molecule has 1 aliphatic rings. The van der Waals surface area contributed by atoms with Crippen LogP contribution < -0.4 is 10.7 Å². The quantitative estimate of drug-likeness (QED) is 0.526. The van der Waals surface area contributed by atoms with E-state index in [4.69, 9.17) is 16.0 Å². The molecule has 160 valence electrons. The van der Waals surface area contributed by atoms with Gasteiger partial charge in [-0.3, -0.25) is 9.59 Å². The van der Waals surface area contributed by atoms with Crippen LogP contribution in [0.1, 0.15) is 55.5 Å². The van der Waals surface area contributed by atoms with Gasteiger partial charge in [0.2, 0.25) is 0 Å². The van der Waals surface area contributed by atoms with Gasteiger partial charge in [-0.1, -0.05) is 17.7 Å². The zero-order valence-corrected chi connectivity index (χ0v) is 18.6. The third-order valence-electron chi connectivity index (χ3n) is 5.17. The fraction of sp³-hybridized carbons (Fsp3) is 0.261. The third-order valence-corrected chi connectivity index (χ3v) is 6.36. The molecule has 0 saturated heterocycles. The molecular weight excluding hydrogens is 434 g/mol. The Morgan fingerprint density at radius 3 is 2.71 bits per heavy atom. The Kier molecular flexibility index (Phi) is 6.53. The van der Waals surface area contributed by atoms with Crippen LogP contribution in [0.2, 0.25) is 5.02 Å². The lowest BCUT2D eigenvalue weighted by atomic mass is 9.93. The highest BCUT2D eigenvalue weighted by molar-refractivity contribution is 7.09. The van der Waals surface area contributed by atoms with Gasteiger partial charge in [-0.05, 0) is 61.9 Å². The molecule has 0 aliphatic heterocycles. The van der Waals surface area contributed by atoms with Gasteiger partial charge in [-0.2, -0.15) is 5.10 Å². The van der Waals surface area contributed by atoms with E-state index in [9.17, 15) is 9.59 Å². The molecule has 0 unspecified atom stereocenters. The third kappa shape index (κ3) is 4.89. The van der Waals surface area contributed by atoms with Gasteiger partial charge in [-0.25, -0.2) is 5.43 Å². The topological polar surface area (TPSA) is 83.7 Å². The number of thiophene rings is 1. The second-order valence-electron chi connectivity index (χ2n) is 7.30. The summed E-state index contributed by atoms with van der Waals surface area (Å²) in [5.74, 6) is 0.512. The summed E-state index contributed by atoms with van der Waals surface area (Å²) in [6, 6.07) is 10.7. The highest BCUT2D eigenvalue weighted by atomic mass is 35.5. The van der Waals surface area contributed by atoms with Gasteiger partial charge in [0.1, 0.15) is 5.76 Å². The number of nitrogens with one attached hydrogen (secondary N) is 2. The molecule has 2 heterocycles. The van der Waals surface area contributed by atoms with Crippen LogP contribution in [-0.2, 0) is 12.8 Å². The Morgan fingerprint density at radius 1 is 1.16 bits per heavy atom. The Morgan fingerprint density at radius 2 is 1.97 bits per heavy atom. The molecule has 0 saturated carbocycles. The van der Waals surface area contributed by atoms with Gasteiger partial charge in [-0.15, -0.1) is 11.3 Å². The standard InChI is InChI=1S/C23H22ClN3O3S/c1-14-20-18(26-27-22(28)15-7-9-16(24)10-8-15)5-2-6-19(20)30-21(14)23(29)25-12-11-17-4-3-13-31-17/h3-4,7-10,13H,2,5-6,11-12H2,1H3,(H,25,29)(H,27,28)/b26-18+. The molecule has 0 fully saturated rings. The molecule has 31 heavy (non-hydrogen) atoms. The van der Waals surface area contributed by atoms with Gasteiger partial charge in [0.15, 0.2) is 5.76 Å². The van der Waals surface area contributed by atoms with Crippen molar-refractivity contribution in [2.45, 2.75) is 32.6 Å². The number of benzene rings is 1. The minimum atomic E-state index is -0.316. The number of hydrogen-bond acceptors (Lipinski definition) is 5. The largest absolute Gasteiger partial charge is 0.455 e. The predicted octanol–water partition coefficient (Wildman–Crippen LogP) is 4.75. The van der Waals surface area contributed by atoms with Crippen molar-refractivity contribution < 1.29 is 14.0 Å². The summed E-state index contributed by atoms with van der Waals surface area (Å²) >= 11 is 7.54. The molecule has 1 aliphatic carbocycles. The average Bonchev–Trinajstić information content (AvgIpc) is 3.41. The number of halogens is 1. The van der Waals surface area contributed by atoms with Crippen LogP contribution in [0.4, 0.5) is 0 Å². The Balaban J connectivity index is 1.47. The summed E-state index contributed by atoms with van der Waals surface area (Å²) in [6.07, 6.45) is 3.07. The minimum absolute atomic E-state index is 0.229. The van der Waals surface area contributed by atoms with Crippen molar-refractivity contribution in [1.29, 1.82) is 0 Å². The van der Waals surface area contributed by atoms with Gasteiger partial charge in [0.25, 0.3) is 11.8 Å². The van der Waals surface area contributed by atoms with E-state index in [1.807, 2.05) is 18.4 Å². The zero-order chi connectivity index (χ0) is 21.8. The Hall–Kier alpha value is -2.90. The van der Waals surface area contributed by atoms with Crippen molar-refractivity contribution in [3.63, 3.8) is 0 Å². The summed E-state index contributed by atoms with van der Waals surface area (Å²) in [4.78, 5) is 26.3. The molecule has 8 heteroatoms. The van der Waals surface area contributed by atoms with E-state index >= 15 is 0 Å². The number of aryl methyl sites for hydroxylation is 1. The molecule has 2 aromatic heterocycles. The number of rotatable bonds is 6. The number of amides is 2. The molecule has 0 atom stereocenters. The van der Waals surface area contributed by atoms with Crippen LogP contribution in [0.15, 0.2) is 51.3 Å². The molecule has 0 bridgehead atoms. The summed E-state index contributed by atoms with van der Waals surface area (Å²) in [5, 5.41) is 9.87. The first-order valence-electron chi connectivity index (χ1n) is 10.1. The second kappa shape index (κ2) is 9.49. The van der Waals surface area contributed by atoms with Gasteiger partial charge < -0.3 is 9.73 Å². The highest BCUT2D eigenvalue weighted by Crippen LogP contribution is 2.30. The van der Waals surface area contributed by atoms with Crippen LogP contribution in [-0.4, -0.2) is 24.1 Å². The SMILES string of the molecule is Cc1c(C(=O)NCCc2cccs2)oc2c1/C(=N/NC(=O)c1ccc(Cl)cc1)CCC2. The Labute approximate surface area is 189 Å². The zero-order valence-electron chi connectivity index (χ0n) is 17.0. The fourth-order valence-corrected chi connectivity index (χ4v) is 4.45. The van der Waals surface area contributed by atoms with E-state index < -0.39 is 0 Å². The summed E-state index contributed by atoms with van der Waals surface area (Å²) in [6.45, 7) is 2.40.